The van der Waals surface area contributed by atoms with Crippen LogP contribution in [0.4, 0.5) is 5.69 Å². The van der Waals surface area contributed by atoms with Crippen molar-refractivity contribution in [3.05, 3.63) is 54.2 Å². The van der Waals surface area contributed by atoms with Crippen molar-refractivity contribution in [1.82, 2.24) is 14.8 Å². The average molecular weight is 314 g/mol. The molecular formula is C15H14N4O2S. The second-order valence-corrected chi connectivity index (χ2v) is 5.78. The predicted molar refractivity (Wildman–Crippen MR) is 83.0 cm³/mol. The van der Waals surface area contributed by atoms with E-state index in [1.807, 2.05) is 42.8 Å². The third-order valence-corrected chi connectivity index (χ3v) is 4.12. The van der Waals surface area contributed by atoms with E-state index in [0.717, 1.165) is 15.6 Å². The number of hydrogen-bond donors (Lipinski definition) is 1. The largest absolute Gasteiger partial charge is 0.459 e. The molecule has 2 heterocycles. The van der Waals surface area contributed by atoms with Crippen molar-refractivity contribution in [2.75, 3.05) is 5.32 Å². The van der Waals surface area contributed by atoms with E-state index < -0.39 is 0 Å². The van der Waals surface area contributed by atoms with Gasteiger partial charge in [-0.1, -0.05) is 0 Å². The lowest BCUT2D eigenvalue weighted by Gasteiger charge is -2.05. The van der Waals surface area contributed by atoms with Gasteiger partial charge in [-0.05, 0) is 49.0 Å². The summed E-state index contributed by atoms with van der Waals surface area (Å²) < 4.78 is 7.02. The van der Waals surface area contributed by atoms with Gasteiger partial charge in [0, 0.05) is 23.2 Å². The van der Waals surface area contributed by atoms with Gasteiger partial charge in [0.05, 0.1) is 6.26 Å². The molecule has 2 aromatic heterocycles. The van der Waals surface area contributed by atoms with E-state index in [0.29, 0.717) is 11.4 Å². The van der Waals surface area contributed by atoms with E-state index in [9.17, 15) is 4.79 Å². The Kier molecular flexibility index (Phi) is 3.97. The summed E-state index contributed by atoms with van der Waals surface area (Å²) >= 11 is 1.51. The molecule has 3 rings (SSSR count). The number of aromatic nitrogens is 3. The molecule has 0 radical (unpaired) electrons. The average Bonchev–Trinajstić information content (AvgIpc) is 3.10. The summed E-state index contributed by atoms with van der Waals surface area (Å²) in [5.74, 6) is 0.0775. The fourth-order valence-electron chi connectivity index (χ4n) is 1.87. The van der Waals surface area contributed by atoms with Gasteiger partial charge in [-0.3, -0.25) is 4.79 Å². The maximum absolute atomic E-state index is 12.1. The fraction of sp³-hybridized carbons (Fsp3) is 0.133. The Morgan fingerprint density at radius 1 is 1.27 bits per heavy atom. The molecule has 1 N–H and O–H groups in total. The Morgan fingerprint density at radius 2 is 2.05 bits per heavy atom. The molecule has 0 atom stereocenters. The first kappa shape index (κ1) is 14.4. The molecule has 3 aromatic rings. The van der Waals surface area contributed by atoms with Crippen LogP contribution in [0.25, 0.3) is 0 Å². The summed E-state index contributed by atoms with van der Waals surface area (Å²) in [4.78, 5) is 13.1. The van der Waals surface area contributed by atoms with E-state index >= 15 is 0 Å². The summed E-state index contributed by atoms with van der Waals surface area (Å²) in [6, 6.07) is 9.28. The molecular weight excluding hydrogens is 300 g/mol. The number of nitrogens with zero attached hydrogens (tertiary/aromatic N) is 3. The highest BCUT2D eigenvalue weighted by atomic mass is 32.2. The molecule has 0 saturated carbocycles. The molecule has 0 bridgehead atoms. The first-order valence-corrected chi connectivity index (χ1v) is 7.42. The third-order valence-electron chi connectivity index (χ3n) is 3.06. The van der Waals surface area contributed by atoms with Crippen molar-refractivity contribution in [2.45, 2.75) is 17.0 Å². The molecule has 1 amide bonds. The van der Waals surface area contributed by atoms with Crippen LogP contribution in [0.5, 0.6) is 0 Å². The van der Waals surface area contributed by atoms with Crippen LogP contribution in [0.3, 0.4) is 0 Å². The van der Waals surface area contributed by atoms with E-state index in [2.05, 4.69) is 15.5 Å². The maximum atomic E-state index is 12.1. The highest BCUT2D eigenvalue weighted by molar-refractivity contribution is 7.99. The van der Waals surface area contributed by atoms with Crippen molar-refractivity contribution in [3.8, 4) is 0 Å². The molecule has 0 spiro atoms. The molecule has 0 aliphatic heterocycles. The smallest absolute Gasteiger partial charge is 0.291 e. The minimum atomic E-state index is -0.254. The van der Waals surface area contributed by atoms with E-state index in [1.165, 1.54) is 18.0 Å². The normalized spacial score (nSPS) is 10.6. The Labute approximate surface area is 131 Å². The quantitative estimate of drug-likeness (QED) is 0.801. The van der Waals surface area contributed by atoms with Gasteiger partial charge < -0.3 is 14.3 Å². The van der Waals surface area contributed by atoms with Gasteiger partial charge in [-0.2, -0.15) is 0 Å². The monoisotopic (exact) mass is 314 g/mol. The molecule has 22 heavy (non-hydrogen) atoms. The number of carbonyl (C=O) groups is 1. The summed E-state index contributed by atoms with van der Waals surface area (Å²) in [5, 5.41) is 11.5. The first-order valence-electron chi connectivity index (χ1n) is 6.61. The van der Waals surface area contributed by atoms with E-state index in [1.54, 1.807) is 12.4 Å². The fourth-order valence-corrected chi connectivity index (χ4v) is 2.63. The summed E-state index contributed by atoms with van der Waals surface area (Å²) in [6.07, 6.45) is 3.16. The Bertz CT molecular complexity index is 792. The van der Waals surface area contributed by atoms with Crippen molar-refractivity contribution in [1.29, 1.82) is 0 Å². The molecule has 112 valence electrons. The van der Waals surface area contributed by atoms with Gasteiger partial charge in [-0.25, -0.2) is 0 Å². The summed E-state index contributed by atoms with van der Waals surface area (Å²) in [5.41, 5.74) is 1.52. The second kappa shape index (κ2) is 6.07. The van der Waals surface area contributed by atoms with Gasteiger partial charge in [0.1, 0.15) is 6.33 Å². The van der Waals surface area contributed by atoms with E-state index in [-0.39, 0.29) is 5.91 Å². The van der Waals surface area contributed by atoms with Crippen LogP contribution in [-0.4, -0.2) is 20.7 Å². The zero-order chi connectivity index (χ0) is 15.5. The zero-order valence-electron chi connectivity index (χ0n) is 12.1. The summed E-state index contributed by atoms with van der Waals surface area (Å²) in [6.45, 7) is 1.83. The number of aryl methyl sites for hydroxylation is 2. The van der Waals surface area contributed by atoms with Crippen molar-refractivity contribution in [2.24, 2.45) is 7.05 Å². The standard InChI is InChI=1S/C15H14N4O2S/c1-10-7-8-21-13(10)14(20)17-11-3-5-12(6-4-11)22-15-18-16-9-19(15)2/h3-9H,1-2H3,(H,17,20). The lowest BCUT2D eigenvalue weighted by molar-refractivity contribution is 0.0996. The van der Waals surface area contributed by atoms with Crippen LogP contribution in [0.15, 0.2) is 57.4 Å². The number of amides is 1. The highest BCUT2D eigenvalue weighted by Crippen LogP contribution is 2.26. The zero-order valence-corrected chi connectivity index (χ0v) is 12.9. The number of carbonyl (C=O) groups excluding carboxylic acids is 1. The molecule has 0 saturated heterocycles. The van der Waals surface area contributed by atoms with Crippen molar-refractivity contribution >= 4 is 23.4 Å². The van der Waals surface area contributed by atoms with Crippen LogP contribution in [0.1, 0.15) is 16.1 Å². The number of nitrogens with one attached hydrogen (secondary N) is 1. The molecule has 0 unspecified atom stereocenters. The maximum Gasteiger partial charge on any atom is 0.291 e. The number of anilines is 1. The van der Waals surface area contributed by atoms with Crippen LogP contribution in [-0.2, 0) is 7.05 Å². The van der Waals surface area contributed by atoms with Crippen LogP contribution in [0, 0.1) is 6.92 Å². The number of furan rings is 1. The topological polar surface area (TPSA) is 73.0 Å². The Morgan fingerprint density at radius 3 is 2.64 bits per heavy atom. The molecule has 6 nitrogen and oxygen atoms in total. The minimum absolute atomic E-state index is 0.254. The van der Waals surface area contributed by atoms with Gasteiger partial charge in [0.15, 0.2) is 10.9 Å². The highest BCUT2D eigenvalue weighted by Gasteiger charge is 2.12. The van der Waals surface area contributed by atoms with Gasteiger partial charge in [0.2, 0.25) is 0 Å². The molecule has 0 fully saturated rings. The molecule has 1 aromatic carbocycles. The van der Waals surface area contributed by atoms with Crippen molar-refractivity contribution in [3.63, 3.8) is 0 Å². The van der Waals surface area contributed by atoms with Gasteiger partial charge >= 0.3 is 0 Å². The third kappa shape index (κ3) is 3.04. The second-order valence-electron chi connectivity index (χ2n) is 4.74. The first-order chi connectivity index (χ1) is 10.6. The van der Waals surface area contributed by atoms with Crippen LogP contribution >= 0.6 is 11.8 Å². The lowest BCUT2D eigenvalue weighted by Crippen LogP contribution is -2.11. The van der Waals surface area contributed by atoms with E-state index in [4.69, 9.17) is 4.42 Å². The van der Waals surface area contributed by atoms with Crippen LogP contribution in [0.2, 0.25) is 0 Å². The number of rotatable bonds is 4. The Hall–Kier alpha value is -2.54. The van der Waals surface area contributed by atoms with Crippen LogP contribution < -0.4 is 5.32 Å². The van der Waals surface area contributed by atoms with Crippen molar-refractivity contribution < 1.29 is 9.21 Å². The van der Waals surface area contributed by atoms with Gasteiger partial charge in [-0.15, -0.1) is 10.2 Å². The number of hydrogen-bond acceptors (Lipinski definition) is 5. The Balaban J connectivity index is 1.68. The predicted octanol–water partition coefficient (Wildman–Crippen LogP) is 3.12. The van der Waals surface area contributed by atoms with Gasteiger partial charge in [0.25, 0.3) is 5.91 Å². The number of benzene rings is 1. The SMILES string of the molecule is Cc1ccoc1C(=O)Nc1ccc(Sc2nncn2C)cc1. The lowest BCUT2D eigenvalue weighted by atomic mass is 10.2. The molecule has 0 aliphatic rings. The summed E-state index contributed by atoms with van der Waals surface area (Å²) in [7, 11) is 1.89. The molecule has 7 heteroatoms. The molecule has 0 aliphatic carbocycles. The minimum Gasteiger partial charge on any atom is -0.459 e.